The van der Waals surface area contributed by atoms with Gasteiger partial charge in [0.2, 0.25) is 5.91 Å². The number of hydrogen-bond donors (Lipinski definition) is 1. The molecule has 0 bridgehead atoms. The Hall–Kier alpha value is -2.56. The Bertz CT molecular complexity index is 1010. The third-order valence-electron chi connectivity index (χ3n) is 4.67. The molecule has 27 heavy (non-hydrogen) atoms. The normalized spacial score (nSPS) is 13.8. The summed E-state index contributed by atoms with van der Waals surface area (Å²) in [6.07, 6.45) is 4.09. The van der Waals surface area contributed by atoms with Crippen LogP contribution in [0.1, 0.15) is 16.8 Å². The van der Waals surface area contributed by atoms with E-state index in [2.05, 4.69) is 10.2 Å². The minimum absolute atomic E-state index is 0.0381. The minimum Gasteiger partial charge on any atom is -0.334 e. The van der Waals surface area contributed by atoms with E-state index < -0.39 is 0 Å². The van der Waals surface area contributed by atoms with Gasteiger partial charge in [0.1, 0.15) is 0 Å². The molecule has 0 radical (unpaired) electrons. The van der Waals surface area contributed by atoms with Gasteiger partial charge in [-0.1, -0.05) is 53.5 Å². The molecule has 136 valence electrons. The fourth-order valence-corrected chi connectivity index (χ4v) is 3.53. The zero-order valence-electron chi connectivity index (χ0n) is 14.5. The van der Waals surface area contributed by atoms with Gasteiger partial charge in [0.05, 0.1) is 5.69 Å². The van der Waals surface area contributed by atoms with Crippen molar-refractivity contribution < 1.29 is 4.79 Å². The summed E-state index contributed by atoms with van der Waals surface area (Å²) in [4.78, 5) is 14.5. The van der Waals surface area contributed by atoms with E-state index in [0.29, 0.717) is 23.1 Å². The zero-order chi connectivity index (χ0) is 18.8. The van der Waals surface area contributed by atoms with Crippen LogP contribution in [-0.2, 0) is 17.8 Å². The smallest absolute Gasteiger partial charge is 0.246 e. The van der Waals surface area contributed by atoms with Crippen molar-refractivity contribution in [3.8, 4) is 11.3 Å². The first kappa shape index (κ1) is 17.8. The lowest BCUT2D eigenvalue weighted by Gasteiger charge is -2.26. The fraction of sp³-hybridized carbons (Fsp3) is 0.143. The second-order valence-electron chi connectivity index (χ2n) is 6.40. The lowest BCUT2D eigenvalue weighted by atomic mass is 10.0. The number of carbonyl (C=O) groups is 1. The number of nitrogens with zero attached hydrogens (tertiary/aromatic N) is 2. The van der Waals surface area contributed by atoms with Gasteiger partial charge in [0.25, 0.3) is 0 Å². The van der Waals surface area contributed by atoms with Gasteiger partial charge in [0, 0.05) is 52.5 Å². The van der Waals surface area contributed by atoms with E-state index >= 15 is 0 Å². The number of hydrogen-bond acceptors (Lipinski definition) is 2. The quantitative estimate of drug-likeness (QED) is 0.633. The maximum atomic E-state index is 12.7. The van der Waals surface area contributed by atoms with Crippen LogP contribution in [0.5, 0.6) is 0 Å². The van der Waals surface area contributed by atoms with Crippen LogP contribution in [0.3, 0.4) is 0 Å². The fourth-order valence-electron chi connectivity index (χ4n) is 3.21. The number of amides is 1. The van der Waals surface area contributed by atoms with Gasteiger partial charge in [-0.15, -0.1) is 0 Å². The van der Waals surface area contributed by atoms with Gasteiger partial charge in [0.15, 0.2) is 0 Å². The Morgan fingerprint density at radius 2 is 1.89 bits per heavy atom. The van der Waals surface area contributed by atoms with E-state index in [1.807, 2.05) is 53.4 Å². The van der Waals surface area contributed by atoms with Crippen molar-refractivity contribution in [2.45, 2.75) is 13.0 Å². The molecule has 0 aliphatic carbocycles. The highest BCUT2D eigenvalue weighted by atomic mass is 35.5. The third-order valence-corrected chi connectivity index (χ3v) is 5.27. The summed E-state index contributed by atoms with van der Waals surface area (Å²) in [5.74, 6) is -0.0381. The minimum atomic E-state index is -0.0381. The molecule has 0 spiro atoms. The van der Waals surface area contributed by atoms with Crippen molar-refractivity contribution >= 4 is 35.2 Å². The van der Waals surface area contributed by atoms with E-state index in [-0.39, 0.29) is 5.91 Å². The van der Waals surface area contributed by atoms with Crippen LogP contribution in [0, 0.1) is 0 Å². The molecule has 2 heterocycles. The summed E-state index contributed by atoms with van der Waals surface area (Å²) in [7, 11) is 0. The summed E-state index contributed by atoms with van der Waals surface area (Å²) >= 11 is 12.1. The van der Waals surface area contributed by atoms with Gasteiger partial charge in [-0.2, -0.15) is 5.10 Å². The molecule has 1 aliphatic rings. The molecule has 0 fully saturated rings. The predicted molar refractivity (Wildman–Crippen MR) is 109 cm³/mol. The van der Waals surface area contributed by atoms with E-state index in [1.54, 1.807) is 12.2 Å². The average molecular weight is 398 g/mol. The van der Waals surface area contributed by atoms with Crippen LogP contribution < -0.4 is 0 Å². The van der Waals surface area contributed by atoms with Crippen LogP contribution in [0.4, 0.5) is 0 Å². The molecule has 6 heteroatoms. The second kappa shape index (κ2) is 7.59. The third kappa shape index (κ3) is 3.77. The van der Waals surface area contributed by atoms with E-state index in [9.17, 15) is 4.79 Å². The molecule has 4 rings (SSSR count). The largest absolute Gasteiger partial charge is 0.334 e. The van der Waals surface area contributed by atoms with Gasteiger partial charge in [-0.3, -0.25) is 9.89 Å². The van der Waals surface area contributed by atoms with Crippen LogP contribution >= 0.6 is 23.2 Å². The van der Waals surface area contributed by atoms with Gasteiger partial charge < -0.3 is 4.90 Å². The Morgan fingerprint density at radius 1 is 1.11 bits per heavy atom. The summed E-state index contributed by atoms with van der Waals surface area (Å²) < 4.78 is 0. The number of benzene rings is 2. The van der Waals surface area contributed by atoms with E-state index in [0.717, 1.165) is 34.5 Å². The first-order valence-electron chi connectivity index (χ1n) is 8.65. The molecule has 1 aromatic heterocycles. The molecule has 3 aromatic rings. The van der Waals surface area contributed by atoms with E-state index in [4.69, 9.17) is 23.2 Å². The maximum Gasteiger partial charge on any atom is 0.246 e. The lowest BCUT2D eigenvalue weighted by molar-refractivity contribution is -0.126. The summed E-state index contributed by atoms with van der Waals surface area (Å²) in [6, 6.07) is 15.0. The van der Waals surface area contributed by atoms with Crippen molar-refractivity contribution in [2.24, 2.45) is 0 Å². The molecule has 1 aliphatic heterocycles. The first-order chi connectivity index (χ1) is 13.1. The molecule has 2 aromatic carbocycles. The zero-order valence-corrected chi connectivity index (χ0v) is 16.0. The molecule has 0 atom stereocenters. The molecule has 0 unspecified atom stereocenters. The number of nitrogens with one attached hydrogen (secondary N) is 1. The van der Waals surface area contributed by atoms with Crippen molar-refractivity contribution in [3.05, 3.63) is 81.5 Å². The topological polar surface area (TPSA) is 49.0 Å². The van der Waals surface area contributed by atoms with Gasteiger partial charge in [-0.05, 0) is 29.8 Å². The van der Waals surface area contributed by atoms with Crippen LogP contribution in [0.15, 0.2) is 54.6 Å². The number of carbonyl (C=O) groups excluding carboxylic acids is 1. The molecular weight excluding hydrogens is 381 g/mol. The summed E-state index contributed by atoms with van der Waals surface area (Å²) in [6.45, 7) is 1.18. The number of aromatic amines is 1. The summed E-state index contributed by atoms with van der Waals surface area (Å²) in [5, 5.41) is 8.87. The molecule has 4 nitrogen and oxygen atoms in total. The monoisotopic (exact) mass is 397 g/mol. The molecule has 1 N–H and O–H groups in total. The average Bonchev–Trinajstić information content (AvgIpc) is 3.11. The van der Waals surface area contributed by atoms with Gasteiger partial charge in [-0.25, -0.2) is 0 Å². The van der Waals surface area contributed by atoms with Crippen LogP contribution in [0.25, 0.3) is 17.3 Å². The number of aromatic nitrogens is 2. The summed E-state index contributed by atoms with van der Waals surface area (Å²) in [5.41, 5.74) is 4.82. The van der Waals surface area contributed by atoms with Crippen LogP contribution in [0.2, 0.25) is 10.0 Å². The molecule has 0 saturated heterocycles. The maximum absolute atomic E-state index is 12.7. The Balaban J connectivity index is 1.54. The Labute approximate surface area is 167 Å². The Kier molecular flexibility index (Phi) is 5.01. The van der Waals surface area contributed by atoms with Crippen molar-refractivity contribution in [3.63, 3.8) is 0 Å². The Morgan fingerprint density at radius 3 is 2.67 bits per heavy atom. The van der Waals surface area contributed by atoms with E-state index in [1.165, 1.54) is 0 Å². The SMILES string of the molecule is O=C(/C=C/c1ccccc1Cl)N1CCc2[nH]nc(-c3ccc(Cl)cc3)c2C1. The number of H-pyrrole nitrogens is 1. The number of halogens is 2. The standard InChI is InChI=1S/C21H17Cl2N3O/c22-16-8-5-15(6-9-16)21-17-13-26(12-11-19(17)24-25-21)20(27)10-7-14-3-1-2-4-18(14)23/h1-10H,11-13H2,(H,24,25)/b10-7+. The molecular formula is C21H17Cl2N3O. The second-order valence-corrected chi connectivity index (χ2v) is 7.24. The van der Waals surface area contributed by atoms with Crippen molar-refractivity contribution in [1.82, 2.24) is 15.1 Å². The molecule has 1 amide bonds. The van der Waals surface area contributed by atoms with Crippen molar-refractivity contribution in [2.75, 3.05) is 6.54 Å². The predicted octanol–water partition coefficient (Wildman–Crippen LogP) is 4.98. The molecule has 0 saturated carbocycles. The van der Waals surface area contributed by atoms with Crippen molar-refractivity contribution in [1.29, 1.82) is 0 Å². The number of fused-ring (bicyclic) bond motifs is 1. The van der Waals surface area contributed by atoms with Crippen LogP contribution in [-0.4, -0.2) is 27.5 Å². The highest BCUT2D eigenvalue weighted by Crippen LogP contribution is 2.29. The first-order valence-corrected chi connectivity index (χ1v) is 9.41. The highest BCUT2D eigenvalue weighted by molar-refractivity contribution is 6.32. The number of rotatable bonds is 3. The lowest BCUT2D eigenvalue weighted by Crippen LogP contribution is -2.34. The van der Waals surface area contributed by atoms with Gasteiger partial charge >= 0.3 is 0 Å². The highest BCUT2D eigenvalue weighted by Gasteiger charge is 2.24.